The number of hydrogen-bond donors (Lipinski definition) is 1. The first kappa shape index (κ1) is 15.0. The van der Waals surface area contributed by atoms with Crippen molar-refractivity contribution >= 4 is 5.69 Å². The molecule has 0 saturated carbocycles. The third-order valence-corrected chi connectivity index (χ3v) is 4.06. The Bertz CT molecular complexity index is 637. The van der Waals surface area contributed by atoms with E-state index in [1.54, 1.807) is 18.2 Å². The molecule has 0 atom stereocenters. The molecular weight excluding hydrogens is 282 g/mol. The van der Waals surface area contributed by atoms with E-state index in [0.29, 0.717) is 24.3 Å². The summed E-state index contributed by atoms with van der Waals surface area (Å²) in [4.78, 5) is 2.09. The van der Waals surface area contributed by atoms with Gasteiger partial charge in [0, 0.05) is 31.7 Å². The van der Waals surface area contributed by atoms with Crippen molar-refractivity contribution in [2.24, 2.45) is 0 Å². The van der Waals surface area contributed by atoms with Gasteiger partial charge in [-0.2, -0.15) is 0 Å². The van der Waals surface area contributed by atoms with Crippen LogP contribution in [0.1, 0.15) is 24.0 Å². The molecule has 2 nitrogen and oxygen atoms in total. The highest BCUT2D eigenvalue weighted by Gasteiger charge is 2.16. The van der Waals surface area contributed by atoms with Crippen molar-refractivity contribution < 1.29 is 8.78 Å². The van der Waals surface area contributed by atoms with Gasteiger partial charge in [0.15, 0.2) is 0 Å². The van der Waals surface area contributed by atoms with Crippen LogP contribution in [-0.4, -0.2) is 13.1 Å². The first-order valence-electron chi connectivity index (χ1n) is 7.71. The fraction of sp³-hybridized carbons (Fsp3) is 0.333. The molecule has 4 heteroatoms. The van der Waals surface area contributed by atoms with Crippen LogP contribution in [0.15, 0.2) is 42.5 Å². The highest BCUT2D eigenvalue weighted by atomic mass is 19.1. The predicted molar refractivity (Wildman–Crippen MR) is 84.8 cm³/mol. The normalized spacial score (nSPS) is 14.5. The fourth-order valence-corrected chi connectivity index (χ4v) is 2.85. The standard InChI is InChI=1S/C18H20F2N2/c19-16-6-2-1-5-15(16)13-21-12-14-7-8-17(20)18(11-14)22-9-3-4-10-22/h1-2,5-8,11,21H,3-4,9-10,12-13H2. The van der Waals surface area contributed by atoms with Crippen LogP contribution in [0.5, 0.6) is 0 Å². The third kappa shape index (κ3) is 3.45. The number of rotatable bonds is 5. The minimum atomic E-state index is -0.202. The largest absolute Gasteiger partial charge is 0.369 e. The summed E-state index contributed by atoms with van der Waals surface area (Å²) in [6.45, 7) is 2.89. The van der Waals surface area contributed by atoms with E-state index in [2.05, 4.69) is 10.2 Å². The zero-order valence-electron chi connectivity index (χ0n) is 12.5. The highest BCUT2D eigenvalue weighted by molar-refractivity contribution is 5.50. The van der Waals surface area contributed by atoms with Gasteiger partial charge in [-0.3, -0.25) is 0 Å². The lowest BCUT2D eigenvalue weighted by Crippen LogP contribution is -2.20. The zero-order chi connectivity index (χ0) is 15.4. The Kier molecular flexibility index (Phi) is 4.68. The molecule has 3 rings (SSSR count). The molecule has 0 unspecified atom stereocenters. The second-order valence-corrected chi connectivity index (χ2v) is 5.67. The maximum absolute atomic E-state index is 13.9. The van der Waals surface area contributed by atoms with Crippen molar-refractivity contribution in [1.82, 2.24) is 5.32 Å². The van der Waals surface area contributed by atoms with Crippen LogP contribution in [0.4, 0.5) is 14.5 Å². The Morgan fingerprint density at radius 2 is 1.68 bits per heavy atom. The topological polar surface area (TPSA) is 15.3 Å². The molecular formula is C18H20F2N2. The van der Waals surface area contributed by atoms with Gasteiger partial charge in [-0.1, -0.05) is 24.3 Å². The van der Waals surface area contributed by atoms with Crippen LogP contribution in [0.3, 0.4) is 0 Å². The molecule has 0 radical (unpaired) electrons. The Hall–Kier alpha value is -1.94. The first-order valence-corrected chi connectivity index (χ1v) is 7.71. The highest BCUT2D eigenvalue weighted by Crippen LogP contribution is 2.24. The van der Waals surface area contributed by atoms with Gasteiger partial charge >= 0.3 is 0 Å². The van der Waals surface area contributed by atoms with Gasteiger partial charge < -0.3 is 10.2 Å². The average molecular weight is 302 g/mol. The lowest BCUT2D eigenvalue weighted by molar-refractivity contribution is 0.587. The molecule has 2 aromatic rings. The third-order valence-electron chi connectivity index (χ3n) is 4.06. The van der Waals surface area contributed by atoms with E-state index in [4.69, 9.17) is 0 Å². The minimum Gasteiger partial charge on any atom is -0.369 e. The van der Waals surface area contributed by atoms with Gasteiger partial charge in [0.2, 0.25) is 0 Å². The maximum atomic E-state index is 13.9. The smallest absolute Gasteiger partial charge is 0.146 e. The Morgan fingerprint density at radius 3 is 2.45 bits per heavy atom. The summed E-state index contributed by atoms with van der Waals surface area (Å²) in [6.07, 6.45) is 2.24. The Balaban J connectivity index is 1.63. The van der Waals surface area contributed by atoms with Gasteiger partial charge in [0.1, 0.15) is 11.6 Å². The van der Waals surface area contributed by atoms with Crippen molar-refractivity contribution in [3.05, 3.63) is 65.2 Å². The summed E-state index contributed by atoms with van der Waals surface area (Å²) < 4.78 is 27.5. The quantitative estimate of drug-likeness (QED) is 0.902. The second-order valence-electron chi connectivity index (χ2n) is 5.67. The van der Waals surface area contributed by atoms with E-state index < -0.39 is 0 Å². The summed E-state index contributed by atoms with van der Waals surface area (Å²) in [6, 6.07) is 11.9. The van der Waals surface area contributed by atoms with Gasteiger partial charge in [0.05, 0.1) is 5.69 Å². The number of hydrogen-bond acceptors (Lipinski definition) is 2. The summed E-state index contributed by atoms with van der Waals surface area (Å²) in [5.74, 6) is -0.369. The number of halogens is 2. The van der Waals surface area contributed by atoms with Crippen LogP contribution in [0.25, 0.3) is 0 Å². The molecule has 0 spiro atoms. The number of benzene rings is 2. The minimum absolute atomic E-state index is 0.167. The summed E-state index contributed by atoms with van der Waals surface area (Å²) in [5.41, 5.74) is 2.34. The fourth-order valence-electron chi connectivity index (χ4n) is 2.85. The van der Waals surface area contributed by atoms with Gasteiger partial charge in [0.25, 0.3) is 0 Å². The monoisotopic (exact) mass is 302 g/mol. The average Bonchev–Trinajstić information content (AvgIpc) is 3.05. The SMILES string of the molecule is Fc1ccccc1CNCc1ccc(F)c(N2CCCC2)c1. The van der Waals surface area contributed by atoms with Crippen molar-refractivity contribution in [3.8, 4) is 0 Å². The van der Waals surface area contributed by atoms with Gasteiger partial charge in [-0.05, 0) is 36.6 Å². The Labute approximate surface area is 129 Å². The first-order chi connectivity index (χ1) is 10.7. The summed E-state index contributed by atoms with van der Waals surface area (Å²) in [5, 5.41) is 3.22. The molecule has 1 saturated heterocycles. The van der Waals surface area contributed by atoms with E-state index in [1.165, 1.54) is 12.1 Å². The molecule has 1 aliphatic heterocycles. The van der Waals surface area contributed by atoms with Gasteiger partial charge in [-0.25, -0.2) is 8.78 Å². The van der Waals surface area contributed by atoms with E-state index in [9.17, 15) is 8.78 Å². The van der Waals surface area contributed by atoms with Crippen molar-refractivity contribution in [2.45, 2.75) is 25.9 Å². The molecule has 22 heavy (non-hydrogen) atoms. The Morgan fingerprint density at radius 1 is 0.909 bits per heavy atom. The van der Waals surface area contributed by atoms with Crippen molar-refractivity contribution in [2.75, 3.05) is 18.0 Å². The zero-order valence-corrected chi connectivity index (χ0v) is 12.5. The molecule has 1 N–H and O–H groups in total. The van der Waals surface area contributed by atoms with Crippen LogP contribution in [0.2, 0.25) is 0 Å². The van der Waals surface area contributed by atoms with Gasteiger partial charge in [-0.15, -0.1) is 0 Å². The van der Waals surface area contributed by atoms with Crippen LogP contribution in [0, 0.1) is 11.6 Å². The number of anilines is 1. The van der Waals surface area contributed by atoms with E-state index in [1.807, 2.05) is 12.1 Å². The molecule has 0 aromatic heterocycles. The van der Waals surface area contributed by atoms with Crippen molar-refractivity contribution in [1.29, 1.82) is 0 Å². The molecule has 2 aromatic carbocycles. The van der Waals surface area contributed by atoms with E-state index in [0.717, 1.165) is 31.5 Å². The predicted octanol–water partition coefficient (Wildman–Crippen LogP) is 3.85. The summed E-state index contributed by atoms with van der Waals surface area (Å²) in [7, 11) is 0. The molecule has 1 heterocycles. The summed E-state index contributed by atoms with van der Waals surface area (Å²) >= 11 is 0. The molecule has 1 fully saturated rings. The van der Waals surface area contributed by atoms with E-state index in [-0.39, 0.29) is 11.6 Å². The van der Waals surface area contributed by atoms with Crippen LogP contribution >= 0.6 is 0 Å². The number of nitrogens with zero attached hydrogens (tertiary/aromatic N) is 1. The number of nitrogens with one attached hydrogen (secondary N) is 1. The molecule has 0 amide bonds. The molecule has 1 aliphatic rings. The lowest BCUT2D eigenvalue weighted by atomic mass is 10.1. The molecule has 0 aliphatic carbocycles. The molecule has 0 bridgehead atoms. The van der Waals surface area contributed by atoms with Crippen LogP contribution in [-0.2, 0) is 13.1 Å². The molecule has 116 valence electrons. The van der Waals surface area contributed by atoms with E-state index >= 15 is 0 Å². The van der Waals surface area contributed by atoms with Crippen LogP contribution < -0.4 is 10.2 Å². The maximum Gasteiger partial charge on any atom is 0.146 e. The lowest BCUT2D eigenvalue weighted by Gasteiger charge is -2.19. The second kappa shape index (κ2) is 6.88. The van der Waals surface area contributed by atoms with Crippen molar-refractivity contribution in [3.63, 3.8) is 0 Å².